The lowest BCUT2D eigenvalue weighted by molar-refractivity contribution is 0.592. The van der Waals surface area contributed by atoms with Gasteiger partial charge in [-0.15, -0.1) is 0 Å². The molecule has 0 radical (unpaired) electrons. The third kappa shape index (κ3) is 3.61. The van der Waals surface area contributed by atoms with Gasteiger partial charge in [0.25, 0.3) is 0 Å². The van der Waals surface area contributed by atoms with Gasteiger partial charge in [-0.3, -0.25) is 0 Å². The summed E-state index contributed by atoms with van der Waals surface area (Å²) in [4.78, 5) is 0. The summed E-state index contributed by atoms with van der Waals surface area (Å²) in [6.07, 6.45) is 5.40. The molecule has 0 saturated heterocycles. The van der Waals surface area contributed by atoms with Gasteiger partial charge in [0.15, 0.2) is 0 Å². The molecule has 62 valence electrons. The smallest absolute Gasteiger partial charge is 0.0653 e. The first-order chi connectivity index (χ1) is 5.02. The first-order valence-corrected chi connectivity index (χ1v) is 3.60. The molecule has 0 aromatic carbocycles. The minimum absolute atomic E-state index is 0.00819. The minimum atomic E-state index is 0.00819. The molecule has 0 aliphatic heterocycles. The highest BCUT2D eigenvalue weighted by Crippen LogP contribution is 2.16. The second kappa shape index (κ2) is 3.96. The average molecular weight is 152 g/mol. The fourth-order valence-corrected chi connectivity index (χ4v) is 0.646. The van der Waals surface area contributed by atoms with E-state index in [1.54, 1.807) is 6.08 Å². The highest BCUT2D eigenvalue weighted by Gasteiger charge is 2.15. The van der Waals surface area contributed by atoms with E-state index < -0.39 is 0 Å². The van der Waals surface area contributed by atoms with Gasteiger partial charge in [0.1, 0.15) is 0 Å². The fraction of sp³-hybridized carbons (Fsp3) is 0.444. The van der Waals surface area contributed by atoms with Crippen LogP contribution in [0.25, 0.3) is 0 Å². The maximum atomic E-state index is 5.20. The van der Waals surface area contributed by atoms with Gasteiger partial charge in [-0.25, -0.2) is 0 Å². The van der Waals surface area contributed by atoms with Crippen molar-refractivity contribution >= 4 is 5.71 Å². The number of nitrogens with zero attached hydrogens (tertiary/aromatic N) is 1. The normalized spacial score (nSPS) is 13.9. The SMILES string of the molecule is C=C/C=C\C(=N/N)C(C)(C)C. The largest absolute Gasteiger partial charge is 0.323 e. The number of hydrogen-bond donors (Lipinski definition) is 1. The molecule has 0 aromatic heterocycles. The van der Waals surface area contributed by atoms with E-state index in [1.165, 1.54) is 0 Å². The van der Waals surface area contributed by atoms with Gasteiger partial charge < -0.3 is 5.84 Å². The van der Waals surface area contributed by atoms with Crippen LogP contribution in [0.2, 0.25) is 0 Å². The van der Waals surface area contributed by atoms with Crippen LogP contribution in [0, 0.1) is 5.41 Å². The summed E-state index contributed by atoms with van der Waals surface area (Å²) in [5.74, 6) is 5.20. The van der Waals surface area contributed by atoms with Gasteiger partial charge in [-0.05, 0) is 6.08 Å². The molecular weight excluding hydrogens is 136 g/mol. The molecule has 0 atom stereocenters. The Kier molecular flexibility index (Phi) is 3.58. The Hall–Kier alpha value is -1.05. The van der Waals surface area contributed by atoms with Crippen molar-refractivity contribution in [2.75, 3.05) is 0 Å². The van der Waals surface area contributed by atoms with Gasteiger partial charge in [0, 0.05) is 5.41 Å². The molecule has 0 fully saturated rings. The van der Waals surface area contributed by atoms with Crippen molar-refractivity contribution in [1.29, 1.82) is 0 Å². The molecule has 2 heteroatoms. The number of nitrogens with two attached hydrogens (primary N) is 1. The predicted molar refractivity (Wildman–Crippen MR) is 50.4 cm³/mol. The van der Waals surface area contributed by atoms with Crippen LogP contribution in [-0.2, 0) is 0 Å². The molecule has 0 bridgehead atoms. The van der Waals surface area contributed by atoms with Crippen molar-refractivity contribution in [3.63, 3.8) is 0 Å². The summed E-state index contributed by atoms with van der Waals surface area (Å²) < 4.78 is 0. The van der Waals surface area contributed by atoms with Crippen LogP contribution in [0.5, 0.6) is 0 Å². The maximum Gasteiger partial charge on any atom is 0.0653 e. The quantitative estimate of drug-likeness (QED) is 0.280. The standard InChI is InChI=1S/C9H16N2/c1-5-6-7-8(11-10)9(2,3)4/h5-7H,1,10H2,2-4H3/b7-6-,11-8+. The van der Waals surface area contributed by atoms with E-state index in [4.69, 9.17) is 5.84 Å². The molecule has 0 aliphatic carbocycles. The van der Waals surface area contributed by atoms with Crippen molar-refractivity contribution in [2.45, 2.75) is 20.8 Å². The zero-order valence-corrected chi connectivity index (χ0v) is 7.46. The van der Waals surface area contributed by atoms with Gasteiger partial charge in [0.05, 0.1) is 5.71 Å². The molecule has 0 unspecified atom stereocenters. The van der Waals surface area contributed by atoms with Crippen LogP contribution in [-0.4, -0.2) is 5.71 Å². The Morgan fingerprint density at radius 1 is 1.45 bits per heavy atom. The summed E-state index contributed by atoms with van der Waals surface area (Å²) in [5.41, 5.74) is 0.881. The maximum absolute atomic E-state index is 5.20. The molecule has 0 spiro atoms. The van der Waals surface area contributed by atoms with E-state index in [-0.39, 0.29) is 5.41 Å². The number of rotatable bonds is 2. The first-order valence-electron chi connectivity index (χ1n) is 3.60. The lowest BCUT2D eigenvalue weighted by Gasteiger charge is -2.16. The number of hydrazone groups is 1. The van der Waals surface area contributed by atoms with E-state index in [2.05, 4.69) is 32.5 Å². The van der Waals surface area contributed by atoms with E-state index in [0.717, 1.165) is 5.71 Å². The van der Waals surface area contributed by atoms with E-state index in [0.29, 0.717) is 0 Å². The van der Waals surface area contributed by atoms with Crippen LogP contribution in [0.15, 0.2) is 29.9 Å². The second-order valence-corrected chi connectivity index (χ2v) is 3.36. The van der Waals surface area contributed by atoms with Crippen molar-refractivity contribution < 1.29 is 0 Å². The fourth-order valence-electron chi connectivity index (χ4n) is 0.646. The first kappa shape index (κ1) is 9.95. The van der Waals surface area contributed by atoms with Crippen LogP contribution >= 0.6 is 0 Å². The topological polar surface area (TPSA) is 38.4 Å². The van der Waals surface area contributed by atoms with Gasteiger partial charge in [-0.2, -0.15) is 5.10 Å². The Morgan fingerprint density at radius 3 is 2.27 bits per heavy atom. The van der Waals surface area contributed by atoms with Crippen LogP contribution in [0.4, 0.5) is 0 Å². The minimum Gasteiger partial charge on any atom is -0.323 e. The van der Waals surface area contributed by atoms with E-state index >= 15 is 0 Å². The third-order valence-electron chi connectivity index (χ3n) is 1.30. The third-order valence-corrected chi connectivity index (χ3v) is 1.30. The van der Waals surface area contributed by atoms with Crippen molar-refractivity contribution in [3.05, 3.63) is 24.8 Å². The summed E-state index contributed by atoms with van der Waals surface area (Å²) in [6, 6.07) is 0. The van der Waals surface area contributed by atoms with E-state index in [1.807, 2.05) is 12.2 Å². The second-order valence-electron chi connectivity index (χ2n) is 3.36. The highest BCUT2D eigenvalue weighted by molar-refractivity contribution is 5.98. The van der Waals surface area contributed by atoms with E-state index in [9.17, 15) is 0 Å². The highest BCUT2D eigenvalue weighted by atomic mass is 15.1. The molecule has 2 N–H and O–H groups in total. The van der Waals surface area contributed by atoms with Crippen molar-refractivity contribution in [1.82, 2.24) is 0 Å². The summed E-state index contributed by atoms with van der Waals surface area (Å²) in [7, 11) is 0. The van der Waals surface area contributed by atoms with Crippen LogP contribution in [0.3, 0.4) is 0 Å². The lowest BCUT2D eigenvalue weighted by atomic mass is 9.90. The Balaban J connectivity index is 4.45. The molecule has 0 saturated carbocycles. The van der Waals surface area contributed by atoms with Gasteiger partial charge in [0.2, 0.25) is 0 Å². The summed E-state index contributed by atoms with van der Waals surface area (Å²) in [6.45, 7) is 9.75. The zero-order chi connectivity index (χ0) is 8.91. The molecular formula is C9H16N2. The van der Waals surface area contributed by atoms with Gasteiger partial charge in [-0.1, -0.05) is 39.5 Å². The monoisotopic (exact) mass is 152 g/mol. The summed E-state index contributed by atoms with van der Waals surface area (Å²) in [5, 5.41) is 3.68. The Bertz CT molecular complexity index is 182. The number of allylic oxidation sites excluding steroid dienone is 3. The molecule has 0 amide bonds. The number of hydrogen-bond acceptors (Lipinski definition) is 2. The van der Waals surface area contributed by atoms with Crippen molar-refractivity contribution in [2.24, 2.45) is 16.4 Å². The Labute approximate surface area is 68.5 Å². The summed E-state index contributed by atoms with van der Waals surface area (Å²) >= 11 is 0. The molecule has 0 aromatic rings. The van der Waals surface area contributed by atoms with Crippen LogP contribution in [0.1, 0.15) is 20.8 Å². The average Bonchev–Trinajstić information content (AvgIpc) is 1.87. The molecule has 0 rings (SSSR count). The van der Waals surface area contributed by atoms with Crippen molar-refractivity contribution in [3.8, 4) is 0 Å². The zero-order valence-electron chi connectivity index (χ0n) is 7.46. The van der Waals surface area contributed by atoms with Gasteiger partial charge >= 0.3 is 0 Å². The molecule has 2 nitrogen and oxygen atoms in total. The molecule has 11 heavy (non-hydrogen) atoms. The van der Waals surface area contributed by atoms with Crippen LogP contribution < -0.4 is 5.84 Å². The molecule has 0 aliphatic rings. The predicted octanol–water partition coefficient (Wildman–Crippen LogP) is 2.09. The Morgan fingerprint density at radius 2 is 2.00 bits per heavy atom. The molecule has 0 heterocycles. The lowest BCUT2D eigenvalue weighted by Crippen LogP contribution is -2.19.